The van der Waals surface area contributed by atoms with Crippen LogP contribution >= 0.6 is 12.2 Å². The average Bonchev–Trinajstić information content (AvgIpc) is 2.97. The molecule has 7 heteroatoms. The second-order valence-electron chi connectivity index (χ2n) is 10.2. The number of rotatable bonds is 17. The van der Waals surface area contributed by atoms with Crippen LogP contribution in [0.15, 0.2) is 46.9 Å². The Balaban J connectivity index is 1.61. The summed E-state index contributed by atoms with van der Waals surface area (Å²) in [5.41, 5.74) is 1.73. The Kier molecular flexibility index (Phi) is 12.7. The van der Waals surface area contributed by atoms with Crippen molar-refractivity contribution in [2.75, 3.05) is 32.7 Å². The maximum Gasteiger partial charge on any atom is 0.201 e. The number of methoxy groups -OCH3 is 2. The highest BCUT2D eigenvalue weighted by atomic mass is 32.1. The number of benzene rings is 2. The van der Waals surface area contributed by atoms with Crippen molar-refractivity contribution in [1.82, 2.24) is 0 Å². The highest BCUT2D eigenvalue weighted by molar-refractivity contribution is 7.71. The number of carbonyl (C=O) groups is 1. The lowest BCUT2D eigenvalue weighted by molar-refractivity contribution is 0.104. The van der Waals surface area contributed by atoms with Crippen molar-refractivity contribution in [3.05, 3.63) is 64.1 Å². The summed E-state index contributed by atoms with van der Waals surface area (Å²) in [5, 5.41) is 0.318. The van der Waals surface area contributed by atoms with Crippen molar-refractivity contribution in [3.8, 4) is 11.5 Å². The Morgan fingerprint density at radius 2 is 1.62 bits per heavy atom. The van der Waals surface area contributed by atoms with Crippen molar-refractivity contribution in [2.45, 2.75) is 71.1 Å². The summed E-state index contributed by atoms with van der Waals surface area (Å²) in [5.74, 6) is 0.0714. The van der Waals surface area contributed by atoms with E-state index < -0.39 is 5.82 Å². The zero-order valence-electron chi connectivity index (χ0n) is 24.3. The van der Waals surface area contributed by atoms with Gasteiger partial charge in [0.15, 0.2) is 5.78 Å². The van der Waals surface area contributed by atoms with E-state index >= 15 is 4.39 Å². The molecule has 0 saturated carbocycles. The van der Waals surface area contributed by atoms with Gasteiger partial charge in [0.25, 0.3) is 0 Å². The van der Waals surface area contributed by atoms with E-state index in [9.17, 15) is 4.79 Å². The zero-order chi connectivity index (χ0) is 28.9. The maximum atomic E-state index is 15.5. The van der Waals surface area contributed by atoms with Crippen LogP contribution in [0, 0.1) is 10.5 Å². The molecule has 0 radical (unpaired) electrons. The van der Waals surface area contributed by atoms with Crippen LogP contribution in [0.3, 0.4) is 0 Å². The first-order chi connectivity index (χ1) is 19.4. The van der Waals surface area contributed by atoms with Crippen molar-refractivity contribution in [1.29, 1.82) is 0 Å². The lowest BCUT2D eigenvalue weighted by atomic mass is 10.1. The summed E-state index contributed by atoms with van der Waals surface area (Å²) in [7, 11) is 5.05. The van der Waals surface area contributed by atoms with Gasteiger partial charge < -0.3 is 18.8 Å². The largest absolute Gasteiger partial charge is 0.497 e. The van der Waals surface area contributed by atoms with Gasteiger partial charge in [-0.2, -0.15) is 0 Å². The van der Waals surface area contributed by atoms with Gasteiger partial charge >= 0.3 is 0 Å². The molecule has 3 rings (SSSR count). The Labute approximate surface area is 243 Å². The van der Waals surface area contributed by atoms with Crippen LogP contribution < -0.4 is 14.4 Å². The van der Waals surface area contributed by atoms with Crippen molar-refractivity contribution in [2.24, 2.45) is 0 Å². The second-order valence-corrected chi connectivity index (χ2v) is 10.5. The van der Waals surface area contributed by atoms with E-state index in [4.69, 9.17) is 26.1 Å². The van der Waals surface area contributed by atoms with Gasteiger partial charge in [0.2, 0.25) is 4.71 Å². The number of ether oxygens (including phenoxy) is 2. The van der Waals surface area contributed by atoms with Gasteiger partial charge in [0, 0.05) is 31.4 Å². The Bertz CT molecular complexity index is 1350. The molecule has 0 aliphatic carbocycles. The first-order valence-electron chi connectivity index (χ1n) is 14.3. The van der Waals surface area contributed by atoms with E-state index in [0.29, 0.717) is 28.0 Å². The molecule has 0 atom stereocenters. The van der Waals surface area contributed by atoms with Crippen LogP contribution in [0.1, 0.15) is 87.1 Å². The standard InChI is InChI=1S/C33H42FNO4S/c1-5-6-7-8-9-10-11-12-13-14-21-35(2)24-15-17-27-31(22-24)39-33(40)28(32(27)34)19-20-29(36)26-18-16-25(37-3)23-30(26)38-4/h15-20,22-23H,5-14,21H2,1-4H3. The summed E-state index contributed by atoms with van der Waals surface area (Å²) in [4.78, 5) is 15.0. The van der Waals surface area contributed by atoms with Crippen molar-refractivity contribution < 1.29 is 23.1 Å². The van der Waals surface area contributed by atoms with Crippen molar-refractivity contribution in [3.63, 3.8) is 0 Å². The molecular weight excluding hydrogens is 525 g/mol. The normalized spacial score (nSPS) is 11.3. The van der Waals surface area contributed by atoms with Gasteiger partial charge in [-0.25, -0.2) is 4.39 Å². The molecule has 0 bridgehead atoms. The minimum atomic E-state index is -0.513. The number of carbonyl (C=O) groups excluding carboxylic acids is 1. The molecule has 0 fully saturated rings. The van der Waals surface area contributed by atoms with Crippen LogP contribution in [0.5, 0.6) is 11.5 Å². The summed E-state index contributed by atoms with van der Waals surface area (Å²) < 4.78 is 31.8. The number of ketones is 1. The van der Waals surface area contributed by atoms with Crippen LogP contribution in [0.25, 0.3) is 17.0 Å². The third-order valence-corrected chi connectivity index (χ3v) is 7.53. The summed E-state index contributed by atoms with van der Waals surface area (Å²) in [6, 6.07) is 10.3. The van der Waals surface area contributed by atoms with Crippen LogP contribution in [-0.2, 0) is 0 Å². The van der Waals surface area contributed by atoms with E-state index in [1.165, 1.54) is 84.2 Å². The molecule has 0 N–H and O–H groups in total. The van der Waals surface area contributed by atoms with Gasteiger partial charge in [-0.3, -0.25) is 4.79 Å². The minimum Gasteiger partial charge on any atom is -0.497 e. The maximum absolute atomic E-state index is 15.5. The summed E-state index contributed by atoms with van der Waals surface area (Å²) in [6.45, 7) is 3.17. The third kappa shape index (κ3) is 8.65. The molecule has 3 aromatic rings. The summed E-state index contributed by atoms with van der Waals surface area (Å²) >= 11 is 5.35. The predicted molar refractivity (Wildman–Crippen MR) is 165 cm³/mol. The Morgan fingerprint density at radius 1 is 0.950 bits per heavy atom. The minimum absolute atomic E-state index is 0.00903. The smallest absolute Gasteiger partial charge is 0.201 e. The Hall–Kier alpha value is -3.19. The van der Waals surface area contributed by atoms with E-state index in [-0.39, 0.29) is 16.1 Å². The molecule has 0 spiro atoms. The van der Waals surface area contributed by atoms with E-state index in [1.54, 1.807) is 24.3 Å². The number of hydrogen-bond donors (Lipinski definition) is 0. The molecule has 0 amide bonds. The molecule has 1 heterocycles. The molecule has 216 valence electrons. The number of unbranched alkanes of at least 4 members (excludes halogenated alkanes) is 9. The lowest BCUT2D eigenvalue weighted by Crippen LogP contribution is -2.18. The number of anilines is 1. The zero-order valence-corrected chi connectivity index (χ0v) is 25.1. The molecule has 0 aliphatic heterocycles. The summed E-state index contributed by atoms with van der Waals surface area (Å²) in [6.07, 6.45) is 15.6. The highest BCUT2D eigenvalue weighted by Crippen LogP contribution is 2.29. The predicted octanol–water partition coefficient (Wildman–Crippen LogP) is 9.57. The number of allylic oxidation sites excluding steroid dienone is 1. The number of nitrogens with zero attached hydrogens (tertiary/aromatic N) is 1. The fourth-order valence-corrected chi connectivity index (χ4v) is 5.01. The van der Waals surface area contributed by atoms with Crippen LogP contribution in [-0.4, -0.2) is 33.6 Å². The molecule has 0 unspecified atom stereocenters. The molecule has 5 nitrogen and oxygen atoms in total. The van der Waals surface area contributed by atoms with E-state index in [2.05, 4.69) is 11.8 Å². The van der Waals surface area contributed by atoms with Gasteiger partial charge in [-0.15, -0.1) is 0 Å². The monoisotopic (exact) mass is 567 g/mol. The number of hydrogen-bond acceptors (Lipinski definition) is 6. The fourth-order valence-electron chi connectivity index (χ4n) is 4.76. The first-order valence-corrected chi connectivity index (χ1v) is 14.7. The molecule has 40 heavy (non-hydrogen) atoms. The number of halogens is 1. The molecule has 0 aliphatic rings. The van der Waals surface area contributed by atoms with E-state index in [0.717, 1.165) is 18.7 Å². The topological polar surface area (TPSA) is 51.9 Å². The van der Waals surface area contributed by atoms with Gasteiger partial charge in [0.1, 0.15) is 22.9 Å². The van der Waals surface area contributed by atoms with Gasteiger partial charge in [0.05, 0.1) is 30.7 Å². The average molecular weight is 568 g/mol. The highest BCUT2D eigenvalue weighted by Gasteiger charge is 2.15. The van der Waals surface area contributed by atoms with Crippen LogP contribution in [0.2, 0.25) is 0 Å². The molecule has 2 aromatic carbocycles. The lowest BCUT2D eigenvalue weighted by Gasteiger charge is -2.19. The molecule has 0 saturated heterocycles. The molecule has 1 aromatic heterocycles. The quantitative estimate of drug-likeness (QED) is 0.0701. The number of fused-ring (bicyclic) bond motifs is 1. The van der Waals surface area contributed by atoms with Crippen molar-refractivity contribution >= 4 is 40.7 Å². The fraction of sp³-hybridized carbons (Fsp3) is 0.455. The SMILES string of the molecule is CCCCCCCCCCCCN(C)c1ccc2c(F)c(C=CC(=O)c3ccc(OC)cc3OC)c(=S)oc2c1. The molecular formula is C33H42FNO4S. The van der Waals surface area contributed by atoms with Gasteiger partial charge in [-0.05, 0) is 55.1 Å². The Morgan fingerprint density at radius 3 is 2.27 bits per heavy atom. The van der Waals surface area contributed by atoms with Gasteiger partial charge in [-0.1, -0.05) is 64.7 Å². The van der Waals surface area contributed by atoms with Crippen LogP contribution in [0.4, 0.5) is 10.1 Å². The second kappa shape index (κ2) is 16.2. The third-order valence-electron chi connectivity index (χ3n) is 7.22. The van der Waals surface area contributed by atoms with E-state index in [1.807, 2.05) is 19.2 Å². The first kappa shape index (κ1) is 31.3.